The number of benzene rings is 4. The summed E-state index contributed by atoms with van der Waals surface area (Å²) in [5.41, 5.74) is 4.09. The zero-order chi connectivity index (χ0) is 34.8. The molecule has 2 aliphatic rings. The molecule has 0 saturated carbocycles. The second-order valence-corrected chi connectivity index (χ2v) is 19.6. The molecule has 2 saturated heterocycles. The number of urea groups is 1. The maximum absolute atomic E-state index is 14.2. The second-order valence-electron chi connectivity index (χ2n) is 14.8. The molecule has 256 valence electrons. The average Bonchev–Trinajstić information content (AvgIpc) is 3.09. The van der Waals surface area contributed by atoms with Crippen LogP contribution in [0.3, 0.4) is 0 Å². The highest BCUT2D eigenvalue weighted by Gasteiger charge is 2.48. The Kier molecular flexibility index (Phi) is 9.95. The number of carbonyl (C=O) groups is 3. The molecular formula is C40H48N4O4Si. The Labute approximate surface area is 291 Å². The van der Waals surface area contributed by atoms with Crippen LogP contribution in [0.15, 0.2) is 97.1 Å². The molecule has 2 aliphatic heterocycles. The molecule has 4 amide bonds. The molecule has 4 aromatic carbocycles. The van der Waals surface area contributed by atoms with Crippen LogP contribution in [0, 0.1) is 0 Å². The van der Waals surface area contributed by atoms with Gasteiger partial charge in [-0.15, -0.1) is 0 Å². The van der Waals surface area contributed by atoms with Crippen LogP contribution in [0.2, 0.25) is 18.1 Å². The van der Waals surface area contributed by atoms with Crippen molar-refractivity contribution in [2.24, 2.45) is 0 Å². The topological polar surface area (TPSA) is 82.2 Å². The zero-order valence-electron chi connectivity index (χ0n) is 29.3. The first kappa shape index (κ1) is 34.4. The molecular weight excluding hydrogens is 629 g/mol. The molecule has 2 heterocycles. The number of fused-ring (bicyclic) bond motifs is 2. The third kappa shape index (κ3) is 7.58. The summed E-state index contributed by atoms with van der Waals surface area (Å²) in [6.07, 6.45) is -0.0126. The lowest BCUT2D eigenvalue weighted by Gasteiger charge is -2.52. The van der Waals surface area contributed by atoms with E-state index in [-0.39, 0.29) is 35.8 Å². The molecule has 0 unspecified atom stereocenters. The highest BCUT2D eigenvalue weighted by Crippen LogP contribution is 2.37. The molecule has 4 aromatic rings. The van der Waals surface area contributed by atoms with Crippen molar-refractivity contribution in [3.63, 3.8) is 0 Å². The third-order valence-corrected chi connectivity index (χ3v) is 15.0. The van der Waals surface area contributed by atoms with Gasteiger partial charge < -0.3 is 24.4 Å². The minimum absolute atomic E-state index is 0.0938. The van der Waals surface area contributed by atoms with Crippen molar-refractivity contribution in [1.82, 2.24) is 20.0 Å². The molecule has 0 aromatic heterocycles. The lowest BCUT2D eigenvalue weighted by molar-refractivity contribution is -0.167. The summed E-state index contributed by atoms with van der Waals surface area (Å²) in [5.74, 6) is -0.190. The van der Waals surface area contributed by atoms with E-state index in [1.807, 2.05) is 65.6 Å². The Balaban J connectivity index is 1.19. The second kappa shape index (κ2) is 14.2. The summed E-state index contributed by atoms with van der Waals surface area (Å²) in [6.45, 7) is 13.1. The Hall–Kier alpha value is -4.47. The SMILES string of the molecule is CC(C)(C)[Si](C)(C)OCc1ccc(CNC(=O)N2CCC(=O)N3[C@@H]2CN(Cc2cccc4ccccc24)C(=O)[C@@H]3Cc2ccccc2)cc1. The van der Waals surface area contributed by atoms with Crippen molar-refractivity contribution in [3.05, 3.63) is 119 Å². The van der Waals surface area contributed by atoms with Gasteiger partial charge in [0.05, 0.1) is 13.2 Å². The lowest BCUT2D eigenvalue weighted by atomic mass is 9.96. The van der Waals surface area contributed by atoms with E-state index in [0.717, 1.165) is 33.0 Å². The minimum atomic E-state index is -1.86. The van der Waals surface area contributed by atoms with Gasteiger partial charge in [0.1, 0.15) is 12.2 Å². The first-order valence-corrected chi connectivity index (χ1v) is 20.2. The first-order valence-electron chi connectivity index (χ1n) is 17.3. The molecule has 6 rings (SSSR count). The van der Waals surface area contributed by atoms with Gasteiger partial charge in [-0.25, -0.2) is 4.79 Å². The predicted molar refractivity (Wildman–Crippen MR) is 196 cm³/mol. The van der Waals surface area contributed by atoms with Gasteiger partial charge in [0.2, 0.25) is 11.8 Å². The van der Waals surface area contributed by atoms with Crippen molar-refractivity contribution < 1.29 is 18.8 Å². The maximum atomic E-state index is 14.2. The van der Waals surface area contributed by atoms with Crippen LogP contribution in [0.4, 0.5) is 4.79 Å². The van der Waals surface area contributed by atoms with E-state index >= 15 is 0 Å². The number of carbonyl (C=O) groups excluding carboxylic acids is 3. The Bertz CT molecular complexity index is 1800. The van der Waals surface area contributed by atoms with Crippen LogP contribution in [0.5, 0.6) is 0 Å². The zero-order valence-corrected chi connectivity index (χ0v) is 30.3. The van der Waals surface area contributed by atoms with Crippen LogP contribution in [-0.2, 0) is 40.1 Å². The third-order valence-electron chi connectivity index (χ3n) is 10.5. The van der Waals surface area contributed by atoms with Gasteiger partial charge in [-0.05, 0) is 51.2 Å². The van der Waals surface area contributed by atoms with Gasteiger partial charge in [0.15, 0.2) is 8.32 Å². The average molecular weight is 677 g/mol. The van der Waals surface area contributed by atoms with Crippen LogP contribution < -0.4 is 5.32 Å². The Morgan fingerprint density at radius 2 is 1.53 bits per heavy atom. The molecule has 0 spiro atoms. The van der Waals surface area contributed by atoms with Gasteiger partial charge in [0, 0.05) is 32.5 Å². The molecule has 8 nitrogen and oxygen atoms in total. The van der Waals surface area contributed by atoms with Gasteiger partial charge in [-0.3, -0.25) is 9.59 Å². The number of nitrogens with one attached hydrogen (secondary N) is 1. The molecule has 0 radical (unpaired) electrons. The number of rotatable bonds is 9. The van der Waals surface area contributed by atoms with Gasteiger partial charge in [-0.1, -0.05) is 118 Å². The van der Waals surface area contributed by atoms with Crippen molar-refractivity contribution >= 4 is 36.9 Å². The fourth-order valence-electron chi connectivity index (χ4n) is 6.55. The number of hydrogen-bond acceptors (Lipinski definition) is 4. The van der Waals surface area contributed by atoms with Crippen LogP contribution in [0.25, 0.3) is 10.8 Å². The summed E-state index contributed by atoms with van der Waals surface area (Å²) in [7, 11) is -1.86. The fourth-order valence-corrected chi connectivity index (χ4v) is 7.51. The summed E-state index contributed by atoms with van der Waals surface area (Å²) in [4.78, 5) is 46.9. The van der Waals surface area contributed by atoms with Crippen LogP contribution in [-0.4, -0.2) is 66.2 Å². The predicted octanol–water partition coefficient (Wildman–Crippen LogP) is 7.09. The summed E-state index contributed by atoms with van der Waals surface area (Å²) < 4.78 is 6.38. The molecule has 2 fully saturated rings. The van der Waals surface area contributed by atoms with Crippen molar-refractivity contribution in [1.29, 1.82) is 0 Å². The van der Waals surface area contributed by atoms with Crippen molar-refractivity contribution in [2.75, 3.05) is 13.1 Å². The fraction of sp³-hybridized carbons (Fsp3) is 0.375. The number of nitrogens with zero attached hydrogens (tertiary/aromatic N) is 3. The first-order chi connectivity index (χ1) is 23.4. The highest BCUT2D eigenvalue weighted by molar-refractivity contribution is 6.74. The highest BCUT2D eigenvalue weighted by atomic mass is 28.4. The Morgan fingerprint density at radius 1 is 0.857 bits per heavy atom. The van der Waals surface area contributed by atoms with E-state index in [1.165, 1.54) is 0 Å². The van der Waals surface area contributed by atoms with Crippen molar-refractivity contribution in [2.45, 2.75) is 83.6 Å². The van der Waals surface area contributed by atoms with Gasteiger partial charge in [0.25, 0.3) is 0 Å². The summed E-state index contributed by atoms with van der Waals surface area (Å²) in [5, 5.41) is 5.44. The quantitative estimate of drug-likeness (QED) is 0.192. The molecule has 1 N–H and O–H groups in total. The molecule has 49 heavy (non-hydrogen) atoms. The summed E-state index contributed by atoms with van der Waals surface area (Å²) >= 11 is 0. The standard InChI is InChI=1S/C40H48N4O4Si/c1-40(2,3)49(4,5)48-28-31-20-18-30(19-21-31)25-41-39(47)43-23-22-37(45)44-35(24-29-12-7-6-8-13-29)38(46)42(27-36(43)44)26-33-16-11-15-32-14-9-10-17-34(32)33/h6-21,35-36H,22-28H2,1-5H3,(H,41,47)/t35-,36+/m0/s1. The van der Waals surface area contributed by atoms with Gasteiger partial charge in [-0.2, -0.15) is 0 Å². The number of amides is 4. The Morgan fingerprint density at radius 3 is 2.27 bits per heavy atom. The van der Waals surface area contributed by atoms with Crippen molar-refractivity contribution in [3.8, 4) is 0 Å². The van der Waals surface area contributed by atoms with E-state index in [1.54, 1.807) is 9.80 Å². The molecule has 2 atom stereocenters. The minimum Gasteiger partial charge on any atom is -0.413 e. The van der Waals surface area contributed by atoms with Crippen LogP contribution >= 0.6 is 0 Å². The molecule has 0 aliphatic carbocycles. The molecule has 0 bridgehead atoms. The van der Waals surface area contributed by atoms with E-state index in [2.05, 4.69) is 75.6 Å². The monoisotopic (exact) mass is 676 g/mol. The van der Waals surface area contributed by atoms with Crippen LogP contribution in [0.1, 0.15) is 49.4 Å². The number of piperazine rings is 1. The smallest absolute Gasteiger partial charge is 0.319 e. The van der Waals surface area contributed by atoms with E-state index in [0.29, 0.717) is 32.7 Å². The van der Waals surface area contributed by atoms with E-state index in [4.69, 9.17) is 4.43 Å². The van der Waals surface area contributed by atoms with E-state index in [9.17, 15) is 14.4 Å². The largest absolute Gasteiger partial charge is 0.413 e. The number of hydrogen-bond donors (Lipinski definition) is 1. The van der Waals surface area contributed by atoms with E-state index < -0.39 is 20.5 Å². The normalized spacial score (nSPS) is 18.5. The lowest BCUT2D eigenvalue weighted by Crippen LogP contribution is -2.72. The summed E-state index contributed by atoms with van der Waals surface area (Å²) in [6, 6.07) is 31.3. The maximum Gasteiger partial charge on any atom is 0.319 e. The molecule has 9 heteroatoms. The van der Waals surface area contributed by atoms with Gasteiger partial charge >= 0.3 is 6.03 Å².